The Morgan fingerprint density at radius 2 is 2.19 bits per heavy atom. The number of rotatable bonds is 6. The third-order valence-electron chi connectivity index (χ3n) is 3.42. The van der Waals surface area contributed by atoms with Gasteiger partial charge in [-0.05, 0) is 39.3 Å². The SMILES string of the molecule is CCNC1CCN(CC(C)OCC)CC1C. The third kappa shape index (κ3) is 4.40. The Kier molecular flexibility index (Phi) is 6.32. The lowest BCUT2D eigenvalue weighted by Gasteiger charge is -2.38. The van der Waals surface area contributed by atoms with Gasteiger partial charge >= 0.3 is 0 Å². The summed E-state index contributed by atoms with van der Waals surface area (Å²) in [4.78, 5) is 2.54. The molecule has 0 bridgehead atoms. The summed E-state index contributed by atoms with van der Waals surface area (Å²) in [7, 11) is 0. The van der Waals surface area contributed by atoms with Crippen LogP contribution < -0.4 is 5.32 Å². The first kappa shape index (κ1) is 13.9. The van der Waals surface area contributed by atoms with Crippen LogP contribution in [-0.2, 0) is 4.74 Å². The van der Waals surface area contributed by atoms with Gasteiger partial charge in [0.05, 0.1) is 6.10 Å². The molecule has 3 unspecified atom stereocenters. The van der Waals surface area contributed by atoms with Gasteiger partial charge < -0.3 is 15.0 Å². The van der Waals surface area contributed by atoms with E-state index >= 15 is 0 Å². The third-order valence-corrected chi connectivity index (χ3v) is 3.42. The van der Waals surface area contributed by atoms with Crippen LogP contribution in [0.5, 0.6) is 0 Å². The lowest BCUT2D eigenvalue weighted by Crippen LogP contribution is -2.49. The highest BCUT2D eigenvalue weighted by molar-refractivity contribution is 4.83. The minimum Gasteiger partial charge on any atom is -0.377 e. The van der Waals surface area contributed by atoms with Crippen LogP contribution in [0.1, 0.15) is 34.1 Å². The molecule has 0 aromatic rings. The van der Waals surface area contributed by atoms with Gasteiger partial charge in [-0.25, -0.2) is 0 Å². The summed E-state index contributed by atoms with van der Waals surface area (Å²) < 4.78 is 5.60. The average Bonchev–Trinajstić information content (AvgIpc) is 2.22. The van der Waals surface area contributed by atoms with E-state index in [9.17, 15) is 0 Å². The number of nitrogens with zero attached hydrogens (tertiary/aromatic N) is 1. The first-order valence-electron chi connectivity index (χ1n) is 6.74. The van der Waals surface area contributed by atoms with Gasteiger partial charge in [-0.2, -0.15) is 0 Å². The number of hydrogen-bond donors (Lipinski definition) is 1. The highest BCUT2D eigenvalue weighted by Crippen LogP contribution is 2.17. The van der Waals surface area contributed by atoms with E-state index in [0.717, 1.165) is 25.6 Å². The highest BCUT2D eigenvalue weighted by atomic mass is 16.5. The minimum atomic E-state index is 0.368. The van der Waals surface area contributed by atoms with Crippen molar-refractivity contribution in [2.75, 3.05) is 32.8 Å². The van der Waals surface area contributed by atoms with Gasteiger partial charge in [-0.15, -0.1) is 0 Å². The fourth-order valence-electron chi connectivity index (χ4n) is 2.66. The number of piperidine rings is 1. The van der Waals surface area contributed by atoms with Crippen molar-refractivity contribution in [2.24, 2.45) is 5.92 Å². The van der Waals surface area contributed by atoms with Crippen molar-refractivity contribution in [3.8, 4) is 0 Å². The molecule has 1 saturated heterocycles. The molecule has 16 heavy (non-hydrogen) atoms. The molecule has 1 aliphatic rings. The normalized spacial score (nSPS) is 29.2. The lowest BCUT2D eigenvalue weighted by molar-refractivity contribution is 0.0301. The van der Waals surface area contributed by atoms with Gasteiger partial charge in [-0.3, -0.25) is 0 Å². The molecular weight excluding hydrogens is 200 g/mol. The zero-order chi connectivity index (χ0) is 12.0. The van der Waals surface area contributed by atoms with Crippen molar-refractivity contribution in [1.29, 1.82) is 0 Å². The summed E-state index contributed by atoms with van der Waals surface area (Å²) in [5, 5.41) is 3.58. The minimum absolute atomic E-state index is 0.368. The molecule has 3 nitrogen and oxygen atoms in total. The second-order valence-electron chi connectivity index (χ2n) is 4.96. The van der Waals surface area contributed by atoms with Crippen LogP contribution in [0.15, 0.2) is 0 Å². The molecule has 0 aromatic carbocycles. The quantitative estimate of drug-likeness (QED) is 0.749. The highest BCUT2D eigenvalue weighted by Gasteiger charge is 2.25. The standard InChI is InChI=1S/C13H28N2O/c1-5-14-13-7-8-15(9-11(13)3)10-12(4)16-6-2/h11-14H,5-10H2,1-4H3. The molecule has 1 rings (SSSR count). The molecule has 96 valence electrons. The Morgan fingerprint density at radius 3 is 2.75 bits per heavy atom. The number of likely N-dealkylation sites (tertiary alicyclic amines) is 1. The van der Waals surface area contributed by atoms with E-state index in [1.165, 1.54) is 19.5 Å². The second kappa shape index (κ2) is 7.25. The van der Waals surface area contributed by atoms with Crippen LogP contribution in [0.3, 0.4) is 0 Å². The molecule has 0 spiro atoms. The maximum atomic E-state index is 5.60. The molecular formula is C13H28N2O. The number of ether oxygens (including phenoxy) is 1. The largest absolute Gasteiger partial charge is 0.377 e. The van der Waals surface area contributed by atoms with Crippen molar-refractivity contribution in [2.45, 2.75) is 46.3 Å². The van der Waals surface area contributed by atoms with Gasteiger partial charge in [-0.1, -0.05) is 13.8 Å². The van der Waals surface area contributed by atoms with Crippen molar-refractivity contribution >= 4 is 0 Å². The van der Waals surface area contributed by atoms with E-state index in [0.29, 0.717) is 12.1 Å². The summed E-state index contributed by atoms with van der Waals surface area (Å²) in [6.07, 6.45) is 1.64. The summed E-state index contributed by atoms with van der Waals surface area (Å²) in [6, 6.07) is 0.712. The maximum absolute atomic E-state index is 5.60. The summed E-state index contributed by atoms with van der Waals surface area (Å²) in [5.74, 6) is 0.752. The smallest absolute Gasteiger partial charge is 0.0673 e. The predicted molar refractivity (Wildman–Crippen MR) is 68.8 cm³/mol. The van der Waals surface area contributed by atoms with Gasteiger partial charge in [0.2, 0.25) is 0 Å². The fourth-order valence-corrected chi connectivity index (χ4v) is 2.66. The van der Waals surface area contributed by atoms with E-state index in [-0.39, 0.29) is 0 Å². The predicted octanol–water partition coefficient (Wildman–Crippen LogP) is 1.73. The zero-order valence-electron chi connectivity index (χ0n) is 11.3. The summed E-state index contributed by atoms with van der Waals surface area (Å²) >= 11 is 0. The van der Waals surface area contributed by atoms with Gasteiger partial charge in [0.25, 0.3) is 0 Å². The van der Waals surface area contributed by atoms with Gasteiger partial charge in [0.15, 0.2) is 0 Å². The summed E-state index contributed by atoms with van der Waals surface area (Å²) in [5.41, 5.74) is 0. The van der Waals surface area contributed by atoms with Crippen molar-refractivity contribution in [3.05, 3.63) is 0 Å². The molecule has 3 atom stereocenters. The van der Waals surface area contributed by atoms with Crippen LogP contribution >= 0.6 is 0 Å². The van der Waals surface area contributed by atoms with Crippen LogP contribution in [-0.4, -0.2) is 49.8 Å². The maximum Gasteiger partial charge on any atom is 0.0673 e. The van der Waals surface area contributed by atoms with Crippen molar-refractivity contribution in [1.82, 2.24) is 10.2 Å². The Morgan fingerprint density at radius 1 is 1.44 bits per heavy atom. The molecule has 1 heterocycles. The molecule has 0 radical (unpaired) electrons. The van der Waals surface area contributed by atoms with Gasteiger partial charge in [0, 0.05) is 25.7 Å². The van der Waals surface area contributed by atoms with E-state index in [4.69, 9.17) is 4.74 Å². The molecule has 0 aromatic heterocycles. The van der Waals surface area contributed by atoms with Crippen LogP contribution in [0.25, 0.3) is 0 Å². The van der Waals surface area contributed by atoms with Crippen LogP contribution in [0.2, 0.25) is 0 Å². The molecule has 0 amide bonds. The number of nitrogens with one attached hydrogen (secondary N) is 1. The van der Waals surface area contributed by atoms with Crippen molar-refractivity contribution < 1.29 is 4.74 Å². The Hall–Kier alpha value is -0.120. The first-order chi connectivity index (χ1) is 7.67. The molecule has 3 heteroatoms. The monoisotopic (exact) mass is 228 g/mol. The topological polar surface area (TPSA) is 24.5 Å². The second-order valence-corrected chi connectivity index (χ2v) is 4.96. The van der Waals surface area contributed by atoms with E-state index in [1.807, 2.05) is 0 Å². The van der Waals surface area contributed by atoms with E-state index < -0.39 is 0 Å². The van der Waals surface area contributed by atoms with Crippen LogP contribution in [0, 0.1) is 5.92 Å². The fraction of sp³-hybridized carbons (Fsp3) is 1.00. The molecule has 0 saturated carbocycles. The van der Waals surface area contributed by atoms with Crippen LogP contribution in [0.4, 0.5) is 0 Å². The lowest BCUT2D eigenvalue weighted by atomic mass is 9.93. The first-order valence-corrected chi connectivity index (χ1v) is 6.74. The summed E-state index contributed by atoms with van der Waals surface area (Å²) in [6.45, 7) is 14.2. The Labute approximate surface area is 101 Å². The van der Waals surface area contributed by atoms with E-state index in [1.54, 1.807) is 0 Å². The number of hydrogen-bond acceptors (Lipinski definition) is 3. The molecule has 1 N–H and O–H groups in total. The Bertz CT molecular complexity index is 187. The molecule has 0 aliphatic carbocycles. The van der Waals surface area contributed by atoms with E-state index in [2.05, 4.69) is 37.9 Å². The van der Waals surface area contributed by atoms with Crippen molar-refractivity contribution in [3.63, 3.8) is 0 Å². The zero-order valence-corrected chi connectivity index (χ0v) is 11.3. The van der Waals surface area contributed by atoms with Gasteiger partial charge in [0.1, 0.15) is 0 Å². The average molecular weight is 228 g/mol. The molecule has 1 aliphatic heterocycles. The Balaban J connectivity index is 2.28. The molecule has 1 fully saturated rings.